The molecule has 0 saturated carbocycles. The van der Waals surface area contributed by atoms with E-state index in [4.69, 9.17) is 16.3 Å². The summed E-state index contributed by atoms with van der Waals surface area (Å²) in [5.74, 6) is -0.646. The van der Waals surface area contributed by atoms with Crippen molar-refractivity contribution in [1.29, 1.82) is 0 Å². The summed E-state index contributed by atoms with van der Waals surface area (Å²) >= 11 is 7.14. The van der Waals surface area contributed by atoms with Gasteiger partial charge in [0.05, 0.1) is 0 Å². The molecular formula is C19H13ClFNO3S. The van der Waals surface area contributed by atoms with E-state index in [-0.39, 0.29) is 18.3 Å². The van der Waals surface area contributed by atoms with Gasteiger partial charge in [0.15, 0.2) is 0 Å². The monoisotopic (exact) mass is 389 g/mol. The highest BCUT2D eigenvalue weighted by molar-refractivity contribution is 7.15. The van der Waals surface area contributed by atoms with Crippen LogP contribution in [0.3, 0.4) is 0 Å². The molecule has 4 nitrogen and oxygen atoms in total. The standard InChI is InChI=1S/C19H13ClFNO3S/c20-14-5-1-13(2-6-14)18(24)22-19-16(9-25-11-23)17(10-26-19)12-3-7-15(21)8-4-12/h1-8,10-11H,9H2,(H,22,24). The van der Waals surface area contributed by atoms with E-state index in [0.717, 1.165) is 11.1 Å². The third-order valence-electron chi connectivity index (χ3n) is 3.68. The molecule has 2 aromatic carbocycles. The number of halogens is 2. The second-order valence-corrected chi connectivity index (χ2v) is 6.65. The predicted molar refractivity (Wildman–Crippen MR) is 100.0 cm³/mol. The number of thiophene rings is 1. The second-order valence-electron chi connectivity index (χ2n) is 5.33. The van der Waals surface area contributed by atoms with Crippen LogP contribution in [-0.4, -0.2) is 12.4 Å². The molecule has 0 aliphatic carbocycles. The topological polar surface area (TPSA) is 55.4 Å². The Morgan fingerprint density at radius 3 is 2.50 bits per heavy atom. The van der Waals surface area contributed by atoms with Crippen molar-refractivity contribution in [3.05, 3.63) is 75.9 Å². The molecular weight excluding hydrogens is 377 g/mol. The molecule has 1 heterocycles. The van der Waals surface area contributed by atoms with Crippen LogP contribution in [0.1, 0.15) is 15.9 Å². The predicted octanol–water partition coefficient (Wildman–Crippen LogP) is 5.13. The lowest BCUT2D eigenvalue weighted by Crippen LogP contribution is -2.12. The first-order valence-electron chi connectivity index (χ1n) is 7.57. The number of amides is 1. The van der Waals surface area contributed by atoms with E-state index in [1.165, 1.54) is 23.5 Å². The van der Waals surface area contributed by atoms with Crippen molar-refractivity contribution in [3.8, 4) is 11.1 Å². The van der Waals surface area contributed by atoms with Crippen molar-refractivity contribution in [2.24, 2.45) is 0 Å². The number of carbonyl (C=O) groups excluding carboxylic acids is 2. The Balaban J connectivity index is 1.91. The van der Waals surface area contributed by atoms with Gasteiger partial charge in [-0.1, -0.05) is 23.7 Å². The lowest BCUT2D eigenvalue weighted by Gasteiger charge is -2.09. The maximum absolute atomic E-state index is 13.2. The normalized spacial score (nSPS) is 10.4. The van der Waals surface area contributed by atoms with Gasteiger partial charge in [-0.25, -0.2) is 4.39 Å². The lowest BCUT2D eigenvalue weighted by atomic mass is 10.0. The molecule has 1 aromatic heterocycles. The van der Waals surface area contributed by atoms with Crippen molar-refractivity contribution < 1.29 is 18.7 Å². The third kappa shape index (κ3) is 4.09. The molecule has 7 heteroatoms. The Kier molecular flexibility index (Phi) is 5.65. The van der Waals surface area contributed by atoms with Gasteiger partial charge in [0.2, 0.25) is 0 Å². The zero-order valence-corrected chi connectivity index (χ0v) is 14.9. The summed E-state index contributed by atoms with van der Waals surface area (Å²) in [7, 11) is 0. The fourth-order valence-corrected chi connectivity index (χ4v) is 3.50. The Labute approximate surface area is 158 Å². The summed E-state index contributed by atoms with van der Waals surface area (Å²) < 4.78 is 18.1. The van der Waals surface area contributed by atoms with E-state index in [1.807, 2.05) is 5.38 Å². The average Bonchev–Trinajstić information content (AvgIpc) is 3.03. The summed E-state index contributed by atoms with van der Waals surface area (Å²) in [6, 6.07) is 12.5. The van der Waals surface area contributed by atoms with Gasteiger partial charge in [0, 0.05) is 27.1 Å². The number of benzene rings is 2. The second kappa shape index (κ2) is 8.12. The molecule has 0 aliphatic heterocycles. The molecule has 0 unspecified atom stereocenters. The van der Waals surface area contributed by atoms with E-state index >= 15 is 0 Å². The van der Waals surface area contributed by atoms with Crippen molar-refractivity contribution in [3.63, 3.8) is 0 Å². The largest absolute Gasteiger partial charge is 0.463 e. The van der Waals surface area contributed by atoms with Gasteiger partial charge in [-0.3, -0.25) is 9.59 Å². The summed E-state index contributed by atoms with van der Waals surface area (Å²) in [6.07, 6.45) is 0. The van der Waals surface area contributed by atoms with Crippen molar-refractivity contribution in [2.75, 3.05) is 5.32 Å². The third-order valence-corrected chi connectivity index (χ3v) is 4.87. The van der Waals surface area contributed by atoms with E-state index in [2.05, 4.69) is 5.32 Å². The first kappa shape index (κ1) is 18.1. The number of hydrogen-bond acceptors (Lipinski definition) is 4. The van der Waals surface area contributed by atoms with E-state index in [9.17, 15) is 14.0 Å². The van der Waals surface area contributed by atoms with E-state index in [1.54, 1.807) is 36.4 Å². The van der Waals surface area contributed by atoms with Gasteiger partial charge in [0.1, 0.15) is 17.4 Å². The Morgan fingerprint density at radius 1 is 1.15 bits per heavy atom. The van der Waals surface area contributed by atoms with Gasteiger partial charge >= 0.3 is 0 Å². The molecule has 3 rings (SSSR count). The Bertz CT molecular complexity index is 923. The minimum Gasteiger partial charge on any atom is -0.463 e. The smallest absolute Gasteiger partial charge is 0.293 e. The molecule has 0 saturated heterocycles. The van der Waals surface area contributed by atoms with Gasteiger partial charge in [-0.15, -0.1) is 11.3 Å². The average molecular weight is 390 g/mol. The van der Waals surface area contributed by atoms with Crippen LogP contribution in [0.15, 0.2) is 53.9 Å². The van der Waals surface area contributed by atoms with E-state index in [0.29, 0.717) is 27.6 Å². The van der Waals surface area contributed by atoms with Gasteiger partial charge in [-0.2, -0.15) is 0 Å². The molecule has 0 fully saturated rings. The molecule has 3 aromatic rings. The Morgan fingerprint density at radius 2 is 1.85 bits per heavy atom. The van der Waals surface area contributed by atoms with Crippen LogP contribution in [0.25, 0.3) is 11.1 Å². The molecule has 26 heavy (non-hydrogen) atoms. The number of rotatable bonds is 6. The molecule has 0 radical (unpaired) electrons. The lowest BCUT2D eigenvalue weighted by molar-refractivity contribution is -0.129. The summed E-state index contributed by atoms with van der Waals surface area (Å²) in [6.45, 7) is 0.340. The highest BCUT2D eigenvalue weighted by atomic mass is 35.5. The minimum atomic E-state index is -0.342. The van der Waals surface area contributed by atoms with Crippen molar-refractivity contribution in [1.82, 2.24) is 0 Å². The van der Waals surface area contributed by atoms with Crippen LogP contribution < -0.4 is 5.32 Å². The van der Waals surface area contributed by atoms with Crippen LogP contribution in [0.2, 0.25) is 5.02 Å². The highest BCUT2D eigenvalue weighted by Gasteiger charge is 2.17. The summed E-state index contributed by atoms with van der Waals surface area (Å²) in [5, 5.41) is 5.75. The fraction of sp³-hybridized carbons (Fsp3) is 0.0526. The molecule has 0 atom stereocenters. The zero-order chi connectivity index (χ0) is 18.5. The number of hydrogen-bond donors (Lipinski definition) is 1. The molecule has 0 bridgehead atoms. The van der Waals surface area contributed by atoms with E-state index < -0.39 is 0 Å². The fourth-order valence-electron chi connectivity index (χ4n) is 2.40. The summed E-state index contributed by atoms with van der Waals surface area (Å²) in [4.78, 5) is 23.0. The van der Waals surface area contributed by atoms with Crippen LogP contribution in [-0.2, 0) is 16.1 Å². The molecule has 132 valence electrons. The molecule has 0 aliphatic rings. The molecule has 1 N–H and O–H groups in total. The maximum Gasteiger partial charge on any atom is 0.293 e. The van der Waals surface area contributed by atoms with Gasteiger partial charge in [0.25, 0.3) is 12.4 Å². The van der Waals surface area contributed by atoms with Crippen LogP contribution in [0.5, 0.6) is 0 Å². The minimum absolute atomic E-state index is 0.00403. The van der Waals surface area contributed by atoms with Gasteiger partial charge < -0.3 is 10.1 Å². The number of ether oxygens (including phenoxy) is 1. The van der Waals surface area contributed by atoms with Crippen LogP contribution in [0.4, 0.5) is 9.39 Å². The van der Waals surface area contributed by atoms with Crippen LogP contribution in [0, 0.1) is 5.82 Å². The zero-order valence-electron chi connectivity index (χ0n) is 13.4. The Hall–Kier alpha value is -2.70. The highest BCUT2D eigenvalue weighted by Crippen LogP contribution is 2.36. The summed E-state index contributed by atoms with van der Waals surface area (Å²) in [5.41, 5.74) is 2.63. The number of nitrogens with one attached hydrogen (secondary N) is 1. The SMILES string of the molecule is O=COCc1c(-c2ccc(F)cc2)csc1NC(=O)c1ccc(Cl)cc1. The quantitative estimate of drug-likeness (QED) is 0.594. The van der Waals surface area contributed by atoms with Gasteiger partial charge in [-0.05, 0) is 42.0 Å². The van der Waals surface area contributed by atoms with Crippen molar-refractivity contribution in [2.45, 2.75) is 6.61 Å². The first-order chi connectivity index (χ1) is 12.6. The molecule has 0 spiro atoms. The molecule has 1 amide bonds. The van der Waals surface area contributed by atoms with Crippen molar-refractivity contribution >= 4 is 40.3 Å². The number of carbonyl (C=O) groups is 2. The first-order valence-corrected chi connectivity index (χ1v) is 8.82. The number of anilines is 1. The van der Waals surface area contributed by atoms with Crippen LogP contribution >= 0.6 is 22.9 Å². The maximum atomic E-state index is 13.2.